The van der Waals surface area contributed by atoms with Crippen LogP contribution in [0.5, 0.6) is 0 Å². The van der Waals surface area contributed by atoms with E-state index in [1.165, 1.54) is 0 Å². The third-order valence-electron chi connectivity index (χ3n) is 5.09. The number of hydrogen-bond donors (Lipinski definition) is 0. The van der Waals surface area contributed by atoms with Crippen molar-refractivity contribution >= 4 is 5.65 Å². The van der Waals surface area contributed by atoms with Crippen LogP contribution in [0.15, 0.2) is 47.5 Å². The van der Waals surface area contributed by atoms with Gasteiger partial charge in [-0.3, -0.25) is 9.69 Å². The molecule has 0 saturated carbocycles. The van der Waals surface area contributed by atoms with Crippen molar-refractivity contribution in [2.24, 2.45) is 5.92 Å². The number of hydrogen-bond acceptors (Lipinski definition) is 4. The van der Waals surface area contributed by atoms with Crippen LogP contribution in [0, 0.1) is 5.92 Å². The van der Waals surface area contributed by atoms with Crippen LogP contribution in [0.1, 0.15) is 24.2 Å². The number of aromatic nitrogens is 4. The van der Waals surface area contributed by atoms with Gasteiger partial charge < -0.3 is 4.40 Å². The van der Waals surface area contributed by atoms with E-state index >= 15 is 0 Å². The summed E-state index contributed by atoms with van der Waals surface area (Å²) in [4.78, 5) is 18.8. The van der Waals surface area contributed by atoms with Crippen LogP contribution in [0.25, 0.3) is 5.65 Å². The predicted molar refractivity (Wildman–Crippen MR) is 96.7 cm³/mol. The maximum absolute atomic E-state index is 12.8. The smallest absolute Gasteiger partial charge is 0.307 e. The molecule has 1 saturated heterocycles. The van der Waals surface area contributed by atoms with Crippen LogP contribution in [-0.4, -0.2) is 37.2 Å². The van der Waals surface area contributed by atoms with Gasteiger partial charge in [0.15, 0.2) is 5.69 Å². The van der Waals surface area contributed by atoms with E-state index in [0.29, 0.717) is 0 Å². The molecular weight excluding hydrogens is 371 g/mol. The van der Waals surface area contributed by atoms with Crippen LogP contribution in [0.2, 0.25) is 0 Å². The lowest BCUT2D eigenvalue weighted by Gasteiger charge is -2.31. The molecule has 148 valence electrons. The summed E-state index contributed by atoms with van der Waals surface area (Å²) in [6.07, 6.45) is 1.02. The number of piperidine rings is 1. The first-order valence-corrected chi connectivity index (χ1v) is 9.19. The average Bonchev–Trinajstić information content (AvgIpc) is 3.06. The first kappa shape index (κ1) is 18.7. The van der Waals surface area contributed by atoms with E-state index in [0.717, 1.165) is 60.6 Å². The molecule has 4 rings (SSSR count). The van der Waals surface area contributed by atoms with Gasteiger partial charge >= 0.3 is 6.18 Å². The number of halogens is 3. The molecule has 6 nitrogen and oxygen atoms in total. The summed E-state index contributed by atoms with van der Waals surface area (Å²) in [5.74, 6) is 0.131. The van der Waals surface area contributed by atoms with E-state index in [9.17, 15) is 18.0 Å². The predicted octanol–water partition coefficient (Wildman–Crippen LogP) is 2.82. The zero-order chi connectivity index (χ0) is 19.7. The minimum Gasteiger partial charge on any atom is -0.307 e. The Morgan fingerprint density at radius 3 is 2.61 bits per heavy atom. The van der Waals surface area contributed by atoms with Crippen molar-refractivity contribution in [2.75, 3.05) is 13.1 Å². The number of rotatable bonds is 4. The average molecular weight is 391 g/mol. The Morgan fingerprint density at radius 1 is 1.11 bits per heavy atom. The van der Waals surface area contributed by atoms with Crippen LogP contribution < -0.4 is 5.56 Å². The Balaban J connectivity index is 1.36. The molecule has 0 radical (unpaired) electrons. The lowest BCUT2D eigenvalue weighted by molar-refractivity contribution is -0.142. The Hall–Kier alpha value is -2.68. The quantitative estimate of drug-likeness (QED) is 0.686. The van der Waals surface area contributed by atoms with Gasteiger partial charge in [-0.1, -0.05) is 6.07 Å². The van der Waals surface area contributed by atoms with Crippen molar-refractivity contribution in [1.82, 2.24) is 24.1 Å². The summed E-state index contributed by atoms with van der Waals surface area (Å²) in [6, 6.07) is 7.52. The maximum Gasteiger partial charge on any atom is 0.435 e. The van der Waals surface area contributed by atoms with Crippen LogP contribution in [-0.2, 0) is 19.3 Å². The van der Waals surface area contributed by atoms with Gasteiger partial charge in [-0.2, -0.15) is 18.3 Å². The second-order valence-corrected chi connectivity index (χ2v) is 7.15. The maximum atomic E-state index is 12.8. The lowest BCUT2D eigenvalue weighted by atomic mass is 9.97. The molecule has 1 aliphatic heterocycles. The first-order valence-electron chi connectivity index (χ1n) is 9.19. The van der Waals surface area contributed by atoms with E-state index in [-0.39, 0.29) is 12.5 Å². The number of nitrogens with zero attached hydrogens (tertiary/aromatic N) is 5. The van der Waals surface area contributed by atoms with E-state index in [4.69, 9.17) is 0 Å². The molecule has 0 aromatic carbocycles. The van der Waals surface area contributed by atoms with Crippen molar-refractivity contribution in [3.63, 3.8) is 0 Å². The molecule has 0 aliphatic carbocycles. The topological polar surface area (TPSA) is 55.4 Å². The Kier molecular flexibility index (Phi) is 4.92. The van der Waals surface area contributed by atoms with Gasteiger partial charge in [0, 0.05) is 31.5 Å². The second-order valence-electron chi connectivity index (χ2n) is 7.15. The fourth-order valence-corrected chi connectivity index (χ4v) is 3.60. The second kappa shape index (κ2) is 7.38. The molecule has 9 heteroatoms. The standard InChI is InChI=1S/C19H20F3N5O/c20-19(21,22)16-4-5-18(28)27(24-16)11-14-6-9-25(10-7-14)12-15-13-26-8-2-1-3-17(26)23-15/h1-5,8,13-14H,6-7,9-12H2. The highest BCUT2D eigenvalue weighted by Crippen LogP contribution is 2.26. The largest absolute Gasteiger partial charge is 0.435 e. The Morgan fingerprint density at radius 2 is 1.89 bits per heavy atom. The third-order valence-corrected chi connectivity index (χ3v) is 5.09. The number of fused-ring (bicyclic) bond motifs is 1. The molecule has 1 fully saturated rings. The molecule has 4 heterocycles. The molecule has 3 aromatic rings. The summed E-state index contributed by atoms with van der Waals surface area (Å²) >= 11 is 0. The molecular formula is C19H20F3N5O. The van der Waals surface area contributed by atoms with E-state index < -0.39 is 17.4 Å². The monoisotopic (exact) mass is 391 g/mol. The third kappa shape index (κ3) is 4.09. The van der Waals surface area contributed by atoms with Gasteiger partial charge in [-0.25, -0.2) is 9.67 Å². The van der Waals surface area contributed by atoms with Crippen LogP contribution in [0.4, 0.5) is 13.2 Å². The summed E-state index contributed by atoms with van der Waals surface area (Å²) in [6.45, 7) is 2.57. The highest BCUT2D eigenvalue weighted by atomic mass is 19.4. The summed E-state index contributed by atoms with van der Waals surface area (Å²) in [5, 5.41) is 3.50. The zero-order valence-electron chi connectivity index (χ0n) is 15.1. The molecule has 28 heavy (non-hydrogen) atoms. The minimum atomic E-state index is -4.55. The molecule has 0 unspecified atom stereocenters. The summed E-state index contributed by atoms with van der Waals surface area (Å²) < 4.78 is 41.4. The SMILES string of the molecule is O=c1ccc(C(F)(F)F)nn1CC1CCN(Cc2cn3ccccc3n2)CC1. The van der Waals surface area contributed by atoms with Gasteiger partial charge in [-0.15, -0.1) is 0 Å². The van der Waals surface area contributed by atoms with Gasteiger partial charge in [0.25, 0.3) is 5.56 Å². The Labute approximate surface area is 159 Å². The molecule has 0 spiro atoms. The molecule has 0 bridgehead atoms. The highest BCUT2D eigenvalue weighted by Gasteiger charge is 2.33. The van der Waals surface area contributed by atoms with Gasteiger partial charge in [0.05, 0.1) is 5.69 Å². The molecule has 0 amide bonds. The van der Waals surface area contributed by atoms with Gasteiger partial charge in [-0.05, 0) is 50.0 Å². The number of imidazole rings is 1. The Bertz CT molecular complexity index is 985. The normalized spacial score (nSPS) is 16.7. The number of alkyl halides is 3. The molecule has 1 aliphatic rings. The van der Waals surface area contributed by atoms with E-state index in [2.05, 4.69) is 15.0 Å². The van der Waals surface area contributed by atoms with Crippen molar-refractivity contribution in [2.45, 2.75) is 32.1 Å². The fraction of sp³-hybridized carbons (Fsp3) is 0.421. The minimum absolute atomic E-state index is 0.131. The lowest BCUT2D eigenvalue weighted by Crippen LogP contribution is -2.36. The highest BCUT2D eigenvalue weighted by molar-refractivity contribution is 5.39. The van der Waals surface area contributed by atoms with Crippen LogP contribution in [0.3, 0.4) is 0 Å². The molecule has 3 aromatic heterocycles. The zero-order valence-corrected chi connectivity index (χ0v) is 15.1. The van der Waals surface area contributed by atoms with Gasteiger partial charge in [0.2, 0.25) is 0 Å². The first-order chi connectivity index (χ1) is 13.4. The molecule has 0 atom stereocenters. The van der Waals surface area contributed by atoms with E-state index in [1.54, 1.807) is 0 Å². The molecule has 0 N–H and O–H groups in total. The van der Waals surface area contributed by atoms with Crippen molar-refractivity contribution in [1.29, 1.82) is 0 Å². The summed E-state index contributed by atoms with van der Waals surface area (Å²) in [7, 11) is 0. The van der Waals surface area contributed by atoms with Crippen molar-refractivity contribution < 1.29 is 13.2 Å². The number of likely N-dealkylation sites (tertiary alicyclic amines) is 1. The summed E-state index contributed by atoms with van der Waals surface area (Å²) in [5.41, 5.74) is 0.360. The number of pyridine rings is 1. The fourth-order valence-electron chi connectivity index (χ4n) is 3.60. The van der Waals surface area contributed by atoms with Gasteiger partial charge in [0.1, 0.15) is 5.65 Å². The van der Waals surface area contributed by atoms with Crippen molar-refractivity contribution in [3.8, 4) is 0 Å². The van der Waals surface area contributed by atoms with E-state index in [1.807, 2.05) is 35.0 Å². The van der Waals surface area contributed by atoms with Crippen molar-refractivity contribution in [3.05, 3.63) is 64.5 Å². The van der Waals surface area contributed by atoms with Crippen LogP contribution >= 0.6 is 0 Å².